The molecule has 0 aliphatic carbocycles. The largest absolute Gasteiger partial charge is 0.383 e. The zero-order chi connectivity index (χ0) is 42.7. The van der Waals surface area contributed by atoms with Crippen LogP contribution in [0.1, 0.15) is 44.5 Å². The Labute approximate surface area is 364 Å². The summed E-state index contributed by atoms with van der Waals surface area (Å²) in [6, 6.07) is 66.2. The molecule has 9 aromatic rings. The van der Waals surface area contributed by atoms with E-state index in [4.69, 9.17) is 15.7 Å². The van der Waals surface area contributed by atoms with Crippen LogP contribution in [0.25, 0.3) is 66.1 Å². The third-order valence-electron chi connectivity index (χ3n) is 11.5. The van der Waals surface area contributed by atoms with E-state index in [1.54, 1.807) is 0 Å². The maximum Gasteiger partial charge on any atom is 0.157 e. The Bertz CT molecular complexity index is 3250. The first-order valence-corrected chi connectivity index (χ1v) is 21.0. The summed E-state index contributed by atoms with van der Waals surface area (Å²) in [5, 5.41) is 15.4. The van der Waals surface area contributed by atoms with Crippen LogP contribution >= 0.6 is 0 Å². The van der Waals surface area contributed by atoms with Gasteiger partial charge in [0.2, 0.25) is 0 Å². The summed E-state index contributed by atoms with van der Waals surface area (Å²) < 4.78 is 0. The van der Waals surface area contributed by atoms with Gasteiger partial charge in [-0.2, -0.15) is 5.26 Å². The van der Waals surface area contributed by atoms with Crippen LogP contribution in [-0.4, -0.2) is 11.7 Å². The summed E-state index contributed by atoms with van der Waals surface area (Å²) in [6.07, 6.45) is 0. The van der Waals surface area contributed by atoms with Crippen LogP contribution in [0.15, 0.2) is 192 Å². The lowest BCUT2D eigenvalue weighted by Crippen LogP contribution is -2.16. The molecular formula is C58H46N4. The molecule has 0 aromatic heterocycles. The number of fused-ring (bicyclic) bond motifs is 3. The molecule has 298 valence electrons. The number of nitrogens with zero attached hydrogens (tertiary/aromatic N) is 3. The summed E-state index contributed by atoms with van der Waals surface area (Å²) in [6.45, 7) is 8.88. The molecule has 0 radical (unpaired) electrons. The van der Waals surface area contributed by atoms with Gasteiger partial charge in [-0.05, 0) is 136 Å². The van der Waals surface area contributed by atoms with E-state index >= 15 is 0 Å². The molecular weight excluding hydrogens is 753 g/mol. The molecule has 0 atom stereocenters. The highest BCUT2D eigenvalue weighted by atomic mass is 15.0. The van der Waals surface area contributed by atoms with Crippen LogP contribution in [0.2, 0.25) is 0 Å². The molecule has 0 saturated heterocycles. The van der Waals surface area contributed by atoms with E-state index in [9.17, 15) is 5.26 Å². The standard InChI is InChI=1S/C58H46N4/c1-37-25-38(2)28-41(27-37)36-61-58(51-29-39(3)26-40(4)30-51)62-57(60)49-15-10-14-47(33-49)53-17-7-8-18-55(53)56-34-46(20-22-50(56)35-59)44-13-9-12-43(31-44)45-23-24-54-48(32-45)21-19-42-11-5-6-16-52(42)54/h5-34H,36H2,1-4H3,(H2,60,61,62). The van der Waals surface area contributed by atoms with E-state index in [0.717, 1.165) is 72.3 Å². The summed E-state index contributed by atoms with van der Waals surface area (Å²) in [5.74, 6) is 0.968. The first-order valence-electron chi connectivity index (χ1n) is 21.0. The van der Waals surface area contributed by atoms with Crippen LogP contribution in [0.4, 0.5) is 0 Å². The quantitative estimate of drug-likeness (QED) is 0.0944. The number of nitrogens with two attached hydrogens (primary N) is 1. The van der Waals surface area contributed by atoms with Crippen molar-refractivity contribution < 1.29 is 0 Å². The monoisotopic (exact) mass is 798 g/mol. The number of benzene rings is 9. The summed E-state index contributed by atoms with van der Waals surface area (Å²) in [4.78, 5) is 10.0. The number of aryl methyl sites for hydroxylation is 4. The number of nitriles is 1. The molecule has 9 rings (SSSR count). The second kappa shape index (κ2) is 17.0. The van der Waals surface area contributed by atoms with Gasteiger partial charge in [0.25, 0.3) is 0 Å². The molecule has 9 aromatic carbocycles. The van der Waals surface area contributed by atoms with Crippen molar-refractivity contribution in [3.05, 3.63) is 226 Å². The van der Waals surface area contributed by atoms with E-state index in [1.807, 2.05) is 36.4 Å². The van der Waals surface area contributed by atoms with Gasteiger partial charge in [0.15, 0.2) is 5.84 Å². The van der Waals surface area contributed by atoms with Crippen molar-refractivity contribution in [2.45, 2.75) is 34.2 Å². The number of rotatable bonds is 8. The highest BCUT2D eigenvalue weighted by Gasteiger charge is 2.15. The highest BCUT2D eigenvalue weighted by molar-refractivity contribution is 6.12. The predicted octanol–water partition coefficient (Wildman–Crippen LogP) is 14.1. The summed E-state index contributed by atoms with van der Waals surface area (Å²) >= 11 is 0. The van der Waals surface area contributed by atoms with Crippen molar-refractivity contribution in [3.8, 4) is 50.6 Å². The zero-order valence-electron chi connectivity index (χ0n) is 35.4. The van der Waals surface area contributed by atoms with Crippen LogP contribution in [0, 0.1) is 39.0 Å². The molecule has 0 amide bonds. The molecule has 0 fully saturated rings. The van der Waals surface area contributed by atoms with E-state index in [1.165, 1.54) is 32.7 Å². The smallest absolute Gasteiger partial charge is 0.157 e. The predicted molar refractivity (Wildman–Crippen MR) is 261 cm³/mol. The number of amidine groups is 2. The van der Waals surface area contributed by atoms with Crippen molar-refractivity contribution in [2.75, 3.05) is 0 Å². The first kappa shape index (κ1) is 39.6. The Morgan fingerprint density at radius 1 is 0.468 bits per heavy atom. The number of hydrogen-bond acceptors (Lipinski definition) is 2. The van der Waals surface area contributed by atoms with Gasteiger partial charge in [0, 0.05) is 16.7 Å². The van der Waals surface area contributed by atoms with Gasteiger partial charge in [0.1, 0.15) is 5.84 Å². The molecule has 0 aliphatic rings. The minimum absolute atomic E-state index is 0.377. The third kappa shape index (κ3) is 8.30. The minimum atomic E-state index is 0.377. The van der Waals surface area contributed by atoms with Crippen molar-refractivity contribution in [3.63, 3.8) is 0 Å². The molecule has 0 aliphatic heterocycles. The molecule has 0 unspecified atom stereocenters. The molecule has 62 heavy (non-hydrogen) atoms. The maximum atomic E-state index is 10.4. The highest BCUT2D eigenvalue weighted by Crippen LogP contribution is 2.38. The molecule has 2 N–H and O–H groups in total. The normalized spacial score (nSPS) is 11.9. The molecule has 0 spiro atoms. The second-order valence-corrected chi connectivity index (χ2v) is 16.3. The van der Waals surface area contributed by atoms with Gasteiger partial charge in [-0.3, -0.25) is 4.99 Å². The van der Waals surface area contributed by atoms with E-state index in [-0.39, 0.29) is 0 Å². The Morgan fingerprint density at radius 3 is 1.82 bits per heavy atom. The molecule has 0 bridgehead atoms. The fourth-order valence-corrected chi connectivity index (χ4v) is 8.73. The van der Waals surface area contributed by atoms with Crippen molar-refractivity contribution in [2.24, 2.45) is 15.7 Å². The number of hydrogen-bond donors (Lipinski definition) is 1. The van der Waals surface area contributed by atoms with Crippen molar-refractivity contribution in [1.29, 1.82) is 5.26 Å². The van der Waals surface area contributed by atoms with Gasteiger partial charge in [-0.1, -0.05) is 162 Å². The van der Waals surface area contributed by atoms with Crippen LogP contribution in [0.5, 0.6) is 0 Å². The van der Waals surface area contributed by atoms with Crippen LogP contribution < -0.4 is 5.73 Å². The maximum absolute atomic E-state index is 10.4. The Kier molecular flexibility index (Phi) is 10.9. The van der Waals surface area contributed by atoms with Crippen LogP contribution in [0.3, 0.4) is 0 Å². The second-order valence-electron chi connectivity index (χ2n) is 16.3. The summed E-state index contributed by atoms with van der Waals surface area (Å²) in [7, 11) is 0. The molecule has 4 nitrogen and oxygen atoms in total. The van der Waals surface area contributed by atoms with Crippen molar-refractivity contribution >= 4 is 33.2 Å². The van der Waals surface area contributed by atoms with Crippen LogP contribution in [-0.2, 0) is 6.54 Å². The average molecular weight is 799 g/mol. The third-order valence-corrected chi connectivity index (χ3v) is 11.5. The lowest BCUT2D eigenvalue weighted by Gasteiger charge is -2.15. The SMILES string of the molecule is Cc1cc(C)cc(CN=C(N=C(N)c2cccc(-c3ccccc3-c3cc(-c4cccc(-c5ccc6c(ccc7ccccc76)c5)c4)ccc3C#N)c2)c2cc(C)cc(C)c2)c1. The topological polar surface area (TPSA) is 74.5 Å². The Hall–Kier alpha value is -7.87. The zero-order valence-corrected chi connectivity index (χ0v) is 35.4. The molecule has 4 heteroatoms. The summed E-state index contributed by atoms with van der Waals surface area (Å²) in [5.41, 5.74) is 23.2. The van der Waals surface area contributed by atoms with E-state index in [0.29, 0.717) is 23.8 Å². The molecule has 0 saturated carbocycles. The van der Waals surface area contributed by atoms with Gasteiger partial charge < -0.3 is 5.73 Å². The Morgan fingerprint density at radius 2 is 1.06 bits per heavy atom. The first-order chi connectivity index (χ1) is 30.2. The van der Waals surface area contributed by atoms with E-state index < -0.39 is 0 Å². The van der Waals surface area contributed by atoms with Gasteiger partial charge in [-0.25, -0.2) is 4.99 Å². The minimum Gasteiger partial charge on any atom is -0.383 e. The molecule has 0 heterocycles. The van der Waals surface area contributed by atoms with Crippen molar-refractivity contribution in [1.82, 2.24) is 0 Å². The average Bonchev–Trinajstić information content (AvgIpc) is 3.29. The van der Waals surface area contributed by atoms with Gasteiger partial charge >= 0.3 is 0 Å². The fraction of sp³-hybridized carbons (Fsp3) is 0.0862. The van der Waals surface area contributed by atoms with Gasteiger partial charge in [0.05, 0.1) is 18.2 Å². The lowest BCUT2D eigenvalue weighted by molar-refractivity contribution is 1.05. The van der Waals surface area contributed by atoms with Gasteiger partial charge in [-0.15, -0.1) is 0 Å². The lowest BCUT2D eigenvalue weighted by atomic mass is 9.89. The number of aliphatic imine (C=N–C) groups is 2. The fourth-order valence-electron chi connectivity index (χ4n) is 8.73. The van der Waals surface area contributed by atoms with E-state index in [2.05, 4.69) is 179 Å². The Balaban J connectivity index is 1.06.